The summed E-state index contributed by atoms with van der Waals surface area (Å²) in [5.41, 5.74) is 5.68. The van der Waals surface area contributed by atoms with Gasteiger partial charge < -0.3 is 11.1 Å². The van der Waals surface area contributed by atoms with Gasteiger partial charge in [0, 0.05) is 24.2 Å². The van der Waals surface area contributed by atoms with E-state index in [0.29, 0.717) is 18.5 Å². The minimum atomic E-state index is -1.18. The van der Waals surface area contributed by atoms with Crippen molar-refractivity contribution in [3.63, 3.8) is 0 Å². The van der Waals surface area contributed by atoms with Crippen LogP contribution in [0.3, 0.4) is 0 Å². The van der Waals surface area contributed by atoms with Crippen LogP contribution in [0.2, 0.25) is 0 Å². The highest BCUT2D eigenvalue weighted by molar-refractivity contribution is 5.23. The summed E-state index contributed by atoms with van der Waals surface area (Å²) < 4.78 is 39.7. The van der Waals surface area contributed by atoms with E-state index in [-0.39, 0.29) is 12.1 Å². The maximum absolute atomic E-state index is 13.7. The second-order valence-corrected chi connectivity index (χ2v) is 5.30. The Morgan fingerprint density at radius 2 is 1.84 bits per heavy atom. The highest BCUT2D eigenvalue weighted by Crippen LogP contribution is 2.36. The highest BCUT2D eigenvalue weighted by atomic mass is 19.2. The van der Waals surface area contributed by atoms with Gasteiger partial charge in [-0.05, 0) is 37.3 Å². The van der Waals surface area contributed by atoms with Crippen LogP contribution in [0.4, 0.5) is 13.2 Å². The Morgan fingerprint density at radius 1 is 1.21 bits per heavy atom. The van der Waals surface area contributed by atoms with Crippen LogP contribution in [0, 0.1) is 29.3 Å². The number of hydrogen-bond acceptors (Lipinski definition) is 2. The first-order valence-electron chi connectivity index (χ1n) is 6.60. The van der Waals surface area contributed by atoms with Gasteiger partial charge in [-0.15, -0.1) is 0 Å². The maximum Gasteiger partial charge on any atom is 0.161 e. The lowest BCUT2D eigenvalue weighted by Gasteiger charge is -2.20. The summed E-state index contributed by atoms with van der Waals surface area (Å²) in [7, 11) is 0. The molecule has 2 unspecified atom stereocenters. The molecule has 0 heterocycles. The highest BCUT2D eigenvalue weighted by Gasteiger charge is 2.28. The van der Waals surface area contributed by atoms with E-state index >= 15 is 0 Å². The van der Waals surface area contributed by atoms with Crippen LogP contribution < -0.4 is 11.1 Å². The maximum atomic E-state index is 13.7. The van der Waals surface area contributed by atoms with Gasteiger partial charge in [0.15, 0.2) is 11.6 Å². The lowest BCUT2D eigenvalue weighted by Crippen LogP contribution is -2.32. The van der Waals surface area contributed by atoms with Crippen LogP contribution in [0.25, 0.3) is 0 Å². The second-order valence-electron chi connectivity index (χ2n) is 5.30. The lowest BCUT2D eigenvalue weighted by atomic mass is 10.0. The number of rotatable bonds is 6. The fraction of sp³-hybridized carbons (Fsp3) is 0.571. The molecule has 0 saturated heterocycles. The smallest absolute Gasteiger partial charge is 0.161 e. The molecule has 19 heavy (non-hydrogen) atoms. The molecule has 5 heteroatoms. The largest absolute Gasteiger partial charge is 0.329 e. The van der Waals surface area contributed by atoms with Crippen LogP contribution in [0.15, 0.2) is 12.1 Å². The molecule has 1 aromatic carbocycles. The standard InChI is InChI=1S/C14H19F3N2/c1-8(9-2-3-9)7-19-14(6-18)10-4-12(16)13(17)5-11(10)15/h4-5,8-9,14,19H,2-3,6-7,18H2,1H3. The van der Waals surface area contributed by atoms with E-state index in [4.69, 9.17) is 5.73 Å². The molecule has 1 aliphatic rings. The summed E-state index contributed by atoms with van der Waals surface area (Å²) in [5, 5.41) is 3.14. The van der Waals surface area contributed by atoms with Crippen LogP contribution in [0.1, 0.15) is 31.4 Å². The molecule has 0 spiro atoms. The number of nitrogens with two attached hydrogens (primary N) is 1. The molecule has 2 rings (SSSR count). The Hall–Kier alpha value is -1.07. The normalized spacial score (nSPS) is 18.4. The van der Waals surface area contributed by atoms with E-state index < -0.39 is 23.5 Å². The molecule has 2 atom stereocenters. The van der Waals surface area contributed by atoms with Gasteiger partial charge in [-0.25, -0.2) is 13.2 Å². The fourth-order valence-electron chi connectivity index (χ4n) is 2.29. The molecule has 0 radical (unpaired) electrons. The predicted molar refractivity (Wildman–Crippen MR) is 68.0 cm³/mol. The number of benzene rings is 1. The lowest BCUT2D eigenvalue weighted by molar-refractivity contribution is 0.410. The van der Waals surface area contributed by atoms with Gasteiger partial charge in [-0.1, -0.05) is 6.92 Å². The van der Waals surface area contributed by atoms with Crippen LogP contribution in [-0.2, 0) is 0 Å². The van der Waals surface area contributed by atoms with E-state index in [2.05, 4.69) is 12.2 Å². The first kappa shape index (κ1) is 14.3. The minimum absolute atomic E-state index is 0.0874. The first-order chi connectivity index (χ1) is 9.02. The van der Waals surface area contributed by atoms with Gasteiger partial charge in [0.25, 0.3) is 0 Å². The number of hydrogen-bond donors (Lipinski definition) is 2. The van der Waals surface area contributed by atoms with Crippen molar-refractivity contribution in [2.24, 2.45) is 17.6 Å². The van der Waals surface area contributed by atoms with Crippen molar-refractivity contribution in [3.8, 4) is 0 Å². The summed E-state index contributed by atoms with van der Waals surface area (Å²) in [5.74, 6) is -1.78. The Balaban J connectivity index is 2.05. The third kappa shape index (κ3) is 3.48. The van der Waals surface area contributed by atoms with E-state index in [1.165, 1.54) is 12.8 Å². The van der Waals surface area contributed by atoms with E-state index in [1.54, 1.807) is 0 Å². The minimum Gasteiger partial charge on any atom is -0.329 e. The van der Waals surface area contributed by atoms with Crippen molar-refractivity contribution in [1.29, 1.82) is 0 Å². The molecule has 1 saturated carbocycles. The predicted octanol–water partition coefficient (Wildman–Crippen LogP) is 2.74. The SMILES string of the molecule is CC(CNC(CN)c1cc(F)c(F)cc1F)C1CC1. The van der Waals surface area contributed by atoms with Crippen molar-refractivity contribution in [3.05, 3.63) is 35.1 Å². The van der Waals surface area contributed by atoms with Gasteiger partial charge in [0.2, 0.25) is 0 Å². The topological polar surface area (TPSA) is 38.0 Å². The van der Waals surface area contributed by atoms with Crippen molar-refractivity contribution in [2.45, 2.75) is 25.8 Å². The summed E-state index contributed by atoms with van der Waals surface area (Å²) in [6.45, 7) is 2.96. The average molecular weight is 272 g/mol. The van der Waals surface area contributed by atoms with Crippen molar-refractivity contribution in [1.82, 2.24) is 5.32 Å². The molecule has 1 fully saturated rings. The Morgan fingerprint density at radius 3 is 2.42 bits per heavy atom. The van der Waals surface area contributed by atoms with Gasteiger partial charge in [0.1, 0.15) is 5.82 Å². The van der Waals surface area contributed by atoms with E-state index in [1.807, 2.05) is 0 Å². The van der Waals surface area contributed by atoms with Crippen LogP contribution in [-0.4, -0.2) is 13.1 Å². The third-order valence-corrected chi connectivity index (χ3v) is 3.76. The van der Waals surface area contributed by atoms with Crippen LogP contribution >= 0.6 is 0 Å². The molecule has 1 aliphatic carbocycles. The van der Waals surface area contributed by atoms with Crippen molar-refractivity contribution in [2.75, 3.05) is 13.1 Å². The molecule has 0 amide bonds. The molecule has 106 valence electrons. The second kappa shape index (κ2) is 5.92. The van der Waals surface area contributed by atoms with Gasteiger partial charge in [-0.2, -0.15) is 0 Å². The summed E-state index contributed by atoms with van der Waals surface area (Å²) in [6.07, 6.45) is 2.46. The molecular weight excluding hydrogens is 253 g/mol. The molecular formula is C14H19F3N2. The fourth-order valence-corrected chi connectivity index (χ4v) is 2.29. The molecule has 3 N–H and O–H groups in total. The Labute approximate surface area is 111 Å². The average Bonchev–Trinajstić information content (AvgIpc) is 3.19. The molecule has 0 bridgehead atoms. The zero-order valence-electron chi connectivity index (χ0n) is 10.9. The molecule has 1 aromatic rings. The first-order valence-corrected chi connectivity index (χ1v) is 6.60. The van der Waals surface area contributed by atoms with Gasteiger partial charge >= 0.3 is 0 Å². The van der Waals surface area contributed by atoms with Gasteiger partial charge in [-0.3, -0.25) is 0 Å². The van der Waals surface area contributed by atoms with E-state index in [0.717, 1.165) is 12.0 Å². The Bertz CT molecular complexity index is 447. The van der Waals surface area contributed by atoms with E-state index in [9.17, 15) is 13.2 Å². The zero-order valence-corrected chi connectivity index (χ0v) is 10.9. The monoisotopic (exact) mass is 272 g/mol. The molecule has 0 aromatic heterocycles. The number of halogens is 3. The number of nitrogens with one attached hydrogen (secondary N) is 1. The molecule has 0 aliphatic heterocycles. The van der Waals surface area contributed by atoms with Crippen molar-refractivity contribution >= 4 is 0 Å². The summed E-state index contributed by atoms with van der Waals surface area (Å²) >= 11 is 0. The van der Waals surface area contributed by atoms with Crippen molar-refractivity contribution < 1.29 is 13.2 Å². The zero-order chi connectivity index (χ0) is 14.0. The summed E-state index contributed by atoms with van der Waals surface area (Å²) in [6, 6.07) is 0.965. The molecule has 2 nitrogen and oxygen atoms in total. The van der Waals surface area contributed by atoms with Gasteiger partial charge in [0.05, 0.1) is 0 Å². The quantitative estimate of drug-likeness (QED) is 0.781. The van der Waals surface area contributed by atoms with Crippen LogP contribution in [0.5, 0.6) is 0 Å². The third-order valence-electron chi connectivity index (χ3n) is 3.76. The Kier molecular flexibility index (Phi) is 4.47. The summed E-state index contributed by atoms with van der Waals surface area (Å²) in [4.78, 5) is 0.